The van der Waals surface area contributed by atoms with Crippen LogP contribution in [-0.4, -0.2) is 45.0 Å². The highest BCUT2D eigenvalue weighted by atomic mass is 16.5. The first-order valence-corrected chi connectivity index (χ1v) is 8.18. The van der Waals surface area contributed by atoms with Crippen molar-refractivity contribution in [1.29, 1.82) is 0 Å². The lowest BCUT2D eigenvalue weighted by Crippen LogP contribution is -2.42. The molecule has 0 aliphatic heterocycles. The summed E-state index contributed by atoms with van der Waals surface area (Å²) in [6.45, 7) is 11.7. The van der Waals surface area contributed by atoms with E-state index in [1.54, 1.807) is 4.68 Å². The van der Waals surface area contributed by atoms with Crippen LogP contribution in [0.4, 0.5) is 0 Å². The molecule has 7 nitrogen and oxygen atoms in total. The van der Waals surface area contributed by atoms with Gasteiger partial charge in [-0.05, 0) is 47.6 Å². The van der Waals surface area contributed by atoms with E-state index in [9.17, 15) is 14.7 Å². The fourth-order valence-corrected chi connectivity index (χ4v) is 2.44. The van der Waals surface area contributed by atoms with Gasteiger partial charge < -0.3 is 15.2 Å². The van der Waals surface area contributed by atoms with Crippen molar-refractivity contribution in [3.05, 3.63) is 17.5 Å². The average Bonchev–Trinajstić information content (AvgIpc) is 2.75. The van der Waals surface area contributed by atoms with Crippen LogP contribution >= 0.6 is 0 Å². The quantitative estimate of drug-likeness (QED) is 0.757. The van der Waals surface area contributed by atoms with Gasteiger partial charge in [0, 0.05) is 25.1 Å². The third-order valence-corrected chi connectivity index (χ3v) is 3.52. The fourth-order valence-electron chi connectivity index (χ4n) is 2.44. The Kier molecular flexibility index (Phi) is 6.95. The van der Waals surface area contributed by atoms with Gasteiger partial charge in [-0.3, -0.25) is 9.48 Å². The maximum atomic E-state index is 12.2. The number of amides is 1. The highest BCUT2D eigenvalue weighted by molar-refractivity contribution is 5.83. The summed E-state index contributed by atoms with van der Waals surface area (Å²) in [5, 5.41) is 16.2. The lowest BCUT2D eigenvalue weighted by molar-refractivity contribution is -0.143. The van der Waals surface area contributed by atoms with E-state index in [-0.39, 0.29) is 37.0 Å². The zero-order chi connectivity index (χ0) is 18.5. The summed E-state index contributed by atoms with van der Waals surface area (Å²) in [5.41, 5.74) is 1.53. The lowest BCUT2D eigenvalue weighted by atomic mass is 10.1. The molecular formula is C17H29N3O4. The molecule has 0 saturated heterocycles. The normalized spacial score (nSPS) is 14.2. The summed E-state index contributed by atoms with van der Waals surface area (Å²) in [6, 6.07) is 0.852. The number of carboxylic acids is 1. The number of nitrogens with one attached hydrogen (secondary N) is 1. The van der Waals surface area contributed by atoms with Gasteiger partial charge in [0.1, 0.15) is 6.04 Å². The van der Waals surface area contributed by atoms with Crippen LogP contribution in [-0.2, 0) is 14.3 Å². The molecule has 0 bridgehead atoms. The summed E-state index contributed by atoms with van der Waals surface area (Å²) in [7, 11) is 0. The van der Waals surface area contributed by atoms with E-state index in [4.69, 9.17) is 4.74 Å². The first-order chi connectivity index (χ1) is 11.0. The van der Waals surface area contributed by atoms with Crippen LogP contribution in [0, 0.1) is 13.8 Å². The summed E-state index contributed by atoms with van der Waals surface area (Å²) >= 11 is 0. The topological polar surface area (TPSA) is 93.5 Å². The SMILES string of the molecule is Cc1cc(C)n(C(C)CC(=O)NC(CCOC(C)(C)C)C(=O)O)n1. The number of carbonyl (C=O) groups is 2. The molecule has 0 aliphatic carbocycles. The Morgan fingerprint density at radius 2 is 2.00 bits per heavy atom. The maximum absolute atomic E-state index is 12.2. The predicted octanol–water partition coefficient (Wildman–Crippen LogP) is 2.23. The van der Waals surface area contributed by atoms with E-state index < -0.39 is 12.0 Å². The molecule has 0 aliphatic rings. The Balaban J connectivity index is 2.56. The zero-order valence-electron chi connectivity index (χ0n) is 15.4. The molecule has 1 aromatic rings. The molecule has 24 heavy (non-hydrogen) atoms. The second-order valence-electron chi connectivity index (χ2n) is 7.13. The molecule has 136 valence electrons. The number of carboxylic acid groups (broad SMARTS) is 1. The van der Waals surface area contributed by atoms with Gasteiger partial charge in [-0.2, -0.15) is 5.10 Å². The van der Waals surface area contributed by atoms with E-state index in [1.807, 2.05) is 47.6 Å². The second-order valence-corrected chi connectivity index (χ2v) is 7.13. The van der Waals surface area contributed by atoms with Crippen molar-refractivity contribution in [2.24, 2.45) is 0 Å². The molecule has 2 atom stereocenters. The Morgan fingerprint density at radius 1 is 1.38 bits per heavy atom. The number of aromatic nitrogens is 2. The molecule has 2 unspecified atom stereocenters. The van der Waals surface area contributed by atoms with E-state index in [2.05, 4.69) is 10.4 Å². The van der Waals surface area contributed by atoms with Crippen molar-refractivity contribution in [2.45, 2.75) is 72.1 Å². The number of nitrogens with zero attached hydrogens (tertiary/aromatic N) is 2. The standard InChI is InChI=1S/C17H29N3O4/c1-11-9-12(2)20(19-11)13(3)10-15(21)18-14(16(22)23)7-8-24-17(4,5)6/h9,13-14H,7-8,10H2,1-6H3,(H,18,21)(H,22,23). The third kappa shape index (κ3) is 6.70. The van der Waals surface area contributed by atoms with E-state index in [1.165, 1.54) is 0 Å². The Bertz CT molecular complexity index is 575. The van der Waals surface area contributed by atoms with Crippen LogP contribution in [0.3, 0.4) is 0 Å². The number of aryl methyl sites for hydroxylation is 2. The van der Waals surface area contributed by atoms with Gasteiger partial charge in [0.15, 0.2) is 0 Å². The highest BCUT2D eigenvalue weighted by Gasteiger charge is 2.23. The Morgan fingerprint density at radius 3 is 2.46 bits per heavy atom. The van der Waals surface area contributed by atoms with Crippen LogP contribution < -0.4 is 5.32 Å². The summed E-state index contributed by atoms with van der Waals surface area (Å²) in [5.74, 6) is -1.36. The average molecular weight is 339 g/mol. The first-order valence-electron chi connectivity index (χ1n) is 8.18. The summed E-state index contributed by atoms with van der Waals surface area (Å²) in [4.78, 5) is 23.5. The predicted molar refractivity (Wildman–Crippen MR) is 90.9 cm³/mol. The smallest absolute Gasteiger partial charge is 0.326 e. The lowest BCUT2D eigenvalue weighted by Gasteiger charge is -2.22. The molecule has 0 aromatic carbocycles. The van der Waals surface area contributed by atoms with Crippen molar-refractivity contribution < 1.29 is 19.4 Å². The van der Waals surface area contributed by atoms with Crippen molar-refractivity contribution >= 4 is 11.9 Å². The first kappa shape index (κ1) is 20.2. The molecule has 1 amide bonds. The molecular weight excluding hydrogens is 310 g/mol. The zero-order valence-corrected chi connectivity index (χ0v) is 15.4. The fraction of sp³-hybridized carbons (Fsp3) is 0.706. The minimum Gasteiger partial charge on any atom is -0.480 e. The number of aliphatic carboxylic acids is 1. The van der Waals surface area contributed by atoms with Crippen molar-refractivity contribution in [3.8, 4) is 0 Å². The number of hydrogen-bond acceptors (Lipinski definition) is 4. The third-order valence-electron chi connectivity index (χ3n) is 3.52. The minimum absolute atomic E-state index is 0.140. The molecule has 0 radical (unpaired) electrons. The van der Waals surface area contributed by atoms with Gasteiger partial charge in [-0.25, -0.2) is 4.79 Å². The summed E-state index contributed by atoms with van der Waals surface area (Å²) < 4.78 is 7.32. The molecule has 1 aromatic heterocycles. The second kappa shape index (κ2) is 8.28. The highest BCUT2D eigenvalue weighted by Crippen LogP contribution is 2.14. The van der Waals surface area contributed by atoms with Gasteiger partial charge in [0.2, 0.25) is 5.91 Å². The van der Waals surface area contributed by atoms with Crippen LogP contribution in [0.15, 0.2) is 6.07 Å². The van der Waals surface area contributed by atoms with E-state index >= 15 is 0 Å². The van der Waals surface area contributed by atoms with Crippen LogP contribution in [0.2, 0.25) is 0 Å². The minimum atomic E-state index is -1.06. The van der Waals surface area contributed by atoms with Gasteiger partial charge in [-0.15, -0.1) is 0 Å². The van der Waals surface area contributed by atoms with Crippen LogP contribution in [0.1, 0.15) is 58.0 Å². The van der Waals surface area contributed by atoms with E-state index in [0.29, 0.717) is 0 Å². The number of carbonyl (C=O) groups excluding carboxylic acids is 1. The molecule has 7 heteroatoms. The summed E-state index contributed by atoms with van der Waals surface area (Å²) in [6.07, 6.45) is 0.401. The monoisotopic (exact) mass is 339 g/mol. The van der Waals surface area contributed by atoms with Crippen molar-refractivity contribution in [1.82, 2.24) is 15.1 Å². The van der Waals surface area contributed by atoms with Crippen molar-refractivity contribution in [3.63, 3.8) is 0 Å². The largest absolute Gasteiger partial charge is 0.480 e. The Labute approximate surface area is 143 Å². The molecule has 0 saturated carbocycles. The van der Waals surface area contributed by atoms with Gasteiger partial charge in [0.05, 0.1) is 17.3 Å². The molecule has 1 heterocycles. The number of rotatable bonds is 8. The van der Waals surface area contributed by atoms with Crippen LogP contribution in [0.25, 0.3) is 0 Å². The molecule has 1 rings (SSSR count). The number of ether oxygens (including phenoxy) is 1. The maximum Gasteiger partial charge on any atom is 0.326 e. The van der Waals surface area contributed by atoms with Gasteiger partial charge in [-0.1, -0.05) is 0 Å². The van der Waals surface area contributed by atoms with Gasteiger partial charge in [0.25, 0.3) is 0 Å². The van der Waals surface area contributed by atoms with Crippen molar-refractivity contribution in [2.75, 3.05) is 6.61 Å². The van der Waals surface area contributed by atoms with Crippen LogP contribution in [0.5, 0.6) is 0 Å². The molecule has 0 fully saturated rings. The number of hydrogen-bond donors (Lipinski definition) is 2. The molecule has 2 N–H and O–H groups in total. The van der Waals surface area contributed by atoms with Gasteiger partial charge >= 0.3 is 5.97 Å². The van der Waals surface area contributed by atoms with E-state index in [0.717, 1.165) is 11.4 Å². The Hall–Kier alpha value is -1.89. The molecule has 0 spiro atoms.